The minimum atomic E-state index is -0.514. The van der Waals surface area contributed by atoms with Gasteiger partial charge in [-0.15, -0.1) is 0 Å². The van der Waals surface area contributed by atoms with Crippen molar-refractivity contribution in [2.75, 3.05) is 59.0 Å². The summed E-state index contributed by atoms with van der Waals surface area (Å²) in [5, 5.41) is 22.9. The first-order valence-electron chi connectivity index (χ1n) is 7.70. The number of nitro groups is 2. The first-order valence-corrected chi connectivity index (χ1v) is 10.0. The van der Waals surface area contributed by atoms with Crippen LogP contribution in [-0.4, -0.2) is 59.0 Å². The topological polar surface area (TPSA) is 92.8 Å². The molecule has 0 spiro atoms. The third kappa shape index (κ3) is 3.54. The van der Waals surface area contributed by atoms with Gasteiger partial charge in [0.2, 0.25) is 0 Å². The van der Waals surface area contributed by atoms with Crippen molar-refractivity contribution >= 4 is 46.3 Å². The lowest BCUT2D eigenvalue weighted by Gasteiger charge is -2.31. The second-order valence-electron chi connectivity index (χ2n) is 5.54. The second-order valence-corrected chi connectivity index (χ2v) is 7.99. The molecule has 0 bridgehead atoms. The van der Waals surface area contributed by atoms with Crippen LogP contribution < -0.4 is 9.80 Å². The van der Waals surface area contributed by atoms with Gasteiger partial charge in [-0.2, -0.15) is 23.5 Å². The molecule has 2 fully saturated rings. The maximum Gasteiger partial charge on any atom is 0.299 e. The summed E-state index contributed by atoms with van der Waals surface area (Å²) in [7, 11) is 0. The van der Waals surface area contributed by atoms with Crippen molar-refractivity contribution in [1.82, 2.24) is 0 Å². The molecule has 0 aliphatic carbocycles. The predicted molar refractivity (Wildman–Crippen MR) is 98.8 cm³/mol. The fraction of sp³-hybridized carbons (Fsp3) is 0.571. The Bertz CT molecular complexity index is 595. The maximum absolute atomic E-state index is 11.5. The van der Waals surface area contributed by atoms with Crippen molar-refractivity contribution in [3.8, 4) is 0 Å². The van der Waals surface area contributed by atoms with Gasteiger partial charge in [0.05, 0.1) is 15.9 Å². The van der Waals surface area contributed by atoms with Crippen LogP contribution in [0.2, 0.25) is 0 Å². The van der Waals surface area contributed by atoms with Crippen LogP contribution in [0, 0.1) is 20.2 Å². The molecule has 1 aromatic carbocycles. The van der Waals surface area contributed by atoms with E-state index in [1.165, 1.54) is 0 Å². The van der Waals surface area contributed by atoms with E-state index in [1.807, 2.05) is 33.3 Å². The summed E-state index contributed by atoms with van der Waals surface area (Å²) < 4.78 is 0. The van der Waals surface area contributed by atoms with E-state index in [9.17, 15) is 20.2 Å². The Hall–Kier alpha value is -1.68. The van der Waals surface area contributed by atoms with Gasteiger partial charge in [-0.3, -0.25) is 20.2 Å². The molecule has 24 heavy (non-hydrogen) atoms. The SMILES string of the molecule is O=[N+]([O-])c1cc([N+](=O)[O-])c(N2CCSCC2)cc1N1CCSCC1. The minimum absolute atomic E-state index is 0.177. The predicted octanol–water partition coefficient (Wildman–Crippen LogP) is 2.61. The highest BCUT2D eigenvalue weighted by atomic mass is 32.2. The van der Waals surface area contributed by atoms with E-state index in [0.717, 1.165) is 55.3 Å². The van der Waals surface area contributed by atoms with E-state index < -0.39 is 9.85 Å². The Labute approximate surface area is 147 Å². The summed E-state index contributed by atoms with van der Waals surface area (Å²) >= 11 is 3.63. The van der Waals surface area contributed by atoms with Crippen LogP contribution in [0.5, 0.6) is 0 Å². The average Bonchev–Trinajstić information content (AvgIpc) is 2.62. The zero-order valence-corrected chi connectivity index (χ0v) is 14.7. The van der Waals surface area contributed by atoms with Crippen LogP contribution in [0.15, 0.2) is 12.1 Å². The van der Waals surface area contributed by atoms with Gasteiger partial charge in [-0.05, 0) is 6.07 Å². The first kappa shape index (κ1) is 17.2. The molecule has 8 nitrogen and oxygen atoms in total. The number of hydrogen-bond acceptors (Lipinski definition) is 8. The van der Waals surface area contributed by atoms with Gasteiger partial charge in [0, 0.05) is 49.2 Å². The van der Waals surface area contributed by atoms with Gasteiger partial charge in [0.25, 0.3) is 11.4 Å². The molecule has 0 radical (unpaired) electrons. The molecule has 1 aromatic rings. The zero-order valence-electron chi connectivity index (χ0n) is 13.0. The number of nitro benzene ring substituents is 2. The van der Waals surface area contributed by atoms with E-state index in [-0.39, 0.29) is 11.4 Å². The fourth-order valence-electron chi connectivity index (χ4n) is 2.96. The number of benzene rings is 1. The lowest BCUT2D eigenvalue weighted by Crippen LogP contribution is -2.35. The average molecular weight is 370 g/mol. The van der Waals surface area contributed by atoms with Gasteiger partial charge >= 0.3 is 0 Å². The molecule has 0 aromatic heterocycles. The molecule has 130 valence electrons. The molecular formula is C14H18N4O4S2. The molecule has 2 aliphatic rings. The Morgan fingerprint density at radius 1 is 0.750 bits per heavy atom. The monoisotopic (exact) mass is 370 g/mol. The van der Waals surface area contributed by atoms with Gasteiger partial charge in [-0.1, -0.05) is 0 Å². The highest BCUT2D eigenvalue weighted by Gasteiger charge is 2.30. The van der Waals surface area contributed by atoms with E-state index in [2.05, 4.69) is 0 Å². The van der Waals surface area contributed by atoms with E-state index >= 15 is 0 Å². The molecule has 2 heterocycles. The molecule has 0 saturated carbocycles. The van der Waals surface area contributed by atoms with Crippen LogP contribution in [-0.2, 0) is 0 Å². The van der Waals surface area contributed by atoms with Crippen LogP contribution in [0.25, 0.3) is 0 Å². The third-order valence-electron chi connectivity index (χ3n) is 4.17. The number of nitrogens with zero attached hydrogens (tertiary/aromatic N) is 4. The molecule has 0 unspecified atom stereocenters. The zero-order chi connectivity index (χ0) is 17.1. The molecule has 0 N–H and O–H groups in total. The second kappa shape index (κ2) is 7.47. The van der Waals surface area contributed by atoms with Crippen molar-refractivity contribution in [1.29, 1.82) is 0 Å². The number of rotatable bonds is 4. The van der Waals surface area contributed by atoms with Gasteiger partial charge < -0.3 is 9.80 Å². The molecule has 0 amide bonds. The van der Waals surface area contributed by atoms with Crippen molar-refractivity contribution < 1.29 is 9.85 Å². The van der Waals surface area contributed by atoms with Crippen molar-refractivity contribution in [3.05, 3.63) is 32.4 Å². The largest absolute Gasteiger partial charge is 0.364 e. The lowest BCUT2D eigenvalue weighted by molar-refractivity contribution is -0.393. The molecule has 10 heteroatoms. The highest BCUT2D eigenvalue weighted by molar-refractivity contribution is 7.99. The molecule has 0 atom stereocenters. The first-order chi connectivity index (χ1) is 11.6. The Kier molecular flexibility index (Phi) is 5.34. The van der Waals surface area contributed by atoms with Gasteiger partial charge in [-0.25, -0.2) is 0 Å². The smallest absolute Gasteiger partial charge is 0.299 e. The summed E-state index contributed by atoms with van der Waals surface area (Å²) in [6.07, 6.45) is 0. The Morgan fingerprint density at radius 3 is 1.46 bits per heavy atom. The minimum Gasteiger partial charge on any atom is -0.364 e. The maximum atomic E-state index is 11.5. The molecule has 3 rings (SSSR count). The molecule has 2 saturated heterocycles. The van der Waals surface area contributed by atoms with Gasteiger partial charge in [0.1, 0.15) is 11.4 Å². The Morgan fingerprint density at radius 2 is 1.12 bits per heavy atom. The standard InChI is InChI=1S/C14H18N4O4S2/c19-17(20)13-10-14(18(21)22)12(16-3-7-24-8-4-16)9-11(13)15-1-5-23-6-2-15/h9-10H,1-8H2. The van der Waals surface area contributed by atoms with Crippen molar-refractivity contribution in [2.24, 2.45) is 0 Å². The van der Waals surface area contributed by atoms with E-state index in [1.54, 1.807) is 6.07 Å². The molecule has 2 aliphatic heterocycles. The normalized spacial score (nSPS) is 18.5. The van der Waals surface area contributed by atoms with Gasteiger partial charge in [0.15, 0.2) is 0 Å². The van der Waals surface area contributed by atoms with Crippen LogP contribution in [0.1, 0.15) is 0 Å². The van der Waals surface area contributed by atoms with Crippen molar-refractivity contribution in [3.63, 3.8) is 0 Å². The Balaban J connectivity index is 2.08. The number of hydrogen-bond donors (Lipinski definition) is 0. The van der Waals surface area contributed by atoms with E-state index in [4.69, 9.17) is 0 Å². The summed E-state index contributed by atoms with van der Waals surface area (Å²) in [5.74, 6) is 3.63. The third-order valence-corrected chi connectivity index (χ3v) is 6.05. The summed E-state index contributed by atoms with van der Waals surface area (Å²) in [6.45, 7) is 2.88. The quantitative estimate of drug-likeness (QED) is 0.590. The van der Waals surface area contributed by atoms with E-state index in [0.29, 0.717) is 11.4 Å². The fourth-order valence-corrected chi connectivity index (χ4v) is 4.77. The van der Waals surface area contributed by atoms with Crippen LogP contribution in [0.4, 0.5) is 22.7 Å². The number of thioether (sulfide) groups is 2. The summed E-state index contributed by atoms with van der Waals surface area (Å²) in [6, 6.07) is 2.79. The van der Waals surface area contributed by atoms with Crippen molar-refractivity contribution in [2.45, 2.75) is 0 Å². The molecular weight excluding hydrogens is 352 g/mol. The lowest BCUT2D eigenvalue weighted by atomic mass is 10.1. The summed E-state index contributed by atoms with van der Waals surface area (Å²) in [5.41, 5.74) is 0.644. The van der Waals surface area contributed by atoms with Crippen LogP contribution >= 0.6 is 23.5 Å². The number of anilines is 2. The van der Waals surface area contributed by atoms with Crippen LogP contribution in [0.3, 0.4) is 0 Å². The highest BCUT2D eigenvalue weighted by Crippen LogP contribution is 2.41. The summed E-state index contributed by atoms with van der Waals surface area (Å²) in [4.78, 5) is 25.8.